The number of rotatable bonds is 4. The second-order valence-electron chi connectivity index (χ2n) is 4.77. The molecule has 0 saturated heterocycles. The van der Waals surface area contributed by atoms with Gasteiger partial charge in [0.2, 0.25) is 0 Å². The number of anilines is 1. The maximum absolute atomic E-state index is 12.4. The summed E-state index contributed by atoms with van der Waals surface area (Å²) in [4.78, 5) is 12.4. The molecule has 0 spiro atoms. The molecule has 1 N–H and O–H groups in total. The highest BCUT2D eigenvalue weighted by Gasteiger charge is 2.12. The number of benzene rings is 2. The summed E-state index contributed by atoms with van der Waals surface area (Å²) in [5.74, 6) is -0.199. The normalized spacial score (nSPS) is 10.5. The first-order valence-electron chi connectivity index (χ1n) is 6.93. The number of carbonyl (C=O) groups excluding carboxylic acids is 1. The van der Waals surface area contributed by atoms with Gasteiger partial charge in [0.05, 0.1) is 0 Å². The smallest absolute Gasteiger partial charge is 0.255 e. The zero-order valence-corrected chi connectivity index (χ0v) is 13.6. The molecule has 0 heterocycles. The number of para-hydroxylation sites is 1. The Bertz CT molecular complexity index is 625. The van der Waals surface area contributed by atoms with Gasteiger partial charge in [-0.15, -0.1) is 0 Å². The molecule has 0 unspecified atom stereocenters. The molecule has 2 nitrogen and oxygen atoms in total. The van der Waals surface area contributed by atoms with Gasteiger partial charge < -0.3 is 5.32 Å². The summed E-state index contributed by atoms with van der Waals surface area (Å²) in [6.07, 6.45) is 1.72. The van der Waals surface area contributed by atoms with Crippen LogP contribution < -0.4 is 5.32 Å². The predicted molar refractivity (Wildman–Crippen MR) is 89.6 cm³/mol. The Kier molecular flexibility index (Phi) is 5.27. The van der Waals surface area contributed by atoms with Crippen molar-refractivity contribution in [2.75, 3.05) is 5.32 Å². The summed E-state index contributed by atoms with van der Waals surface area (Å²) in [6, 6.07) is 10.9. The number of nitrogens with one attached hydrogen (secondary N) is 1. The lowest BCUT2D eigenvalue weighted by atomic mass is 10.0. The number of hydrogen-bond acceptors (Lipinski definition) is 1. The van der Waals surface area contributed by atoms with E-state index in [9.17, 15) is 4.79 Å². The van der Waals surface area contributed by atoms with E-state index >= 15 is 0 Å². The molecule has 0 aliphatic rings. The van der Waals surface area contributed by atoms with E-state index in [0.717, 1.165) is 29.7 Å². The summed E-state index contributed by atoms with van der Waals surface area (Å²) < 4.78 is 0. The number of carbonyl (C=O) groups is 1. The van der Waals surface area contributed by atoms with E-state index in [2.05, 4.69) is 19.2 Å². The van der Waals surface area contributed by atoms with Gasteiger partial charge in [-0.05, 0) is 42.2 Å². The highest BCUT2D eigenvalue weighted by molar-refractivity contribution is 6.35. The number of aryl methyl sites for hydroxylation is 2. The Hall–Kier alpha value is -1.51. The minimum atomic E-state index is -0.199. The molecule has 110 valence electrons. The van der Waals surface area contributed by atoms with Crippen molar-refractivity contribution in [3.8, 4) is 0 Å². The van der Waals surface area contributed by atoms with Crippen molar-refractivity contribution in [2.24, 2.45) is 0 Å². The van der Waals surface area contributed by atoms with Crippen molar-refractivity contribution in [1.29, 1.82) is 0 Å². The molecule has 0 atom stereocenters. The van der Waals surface area contributed by atoms with Crippen LogP contribution in [0.2, 0.25) is 10.0 Å². The number of hydrogen-bond donors (Lipinski definition) is 1. The molecule has 0 saturated carbocycles. The van der Waals surface area contributed by atoms with Crippen LogP contribution in [0.1, 0.15) is 35.3 Å². The largest absolute Gasteiger partial charge is 0.321 e. The zero-order valence-electron chi connectivity index (χ0n) is 12.0. The van der Waals surface area contributed by atoms with Crippen LogP contribution in [0, 0.1) is 0 Å². The van der Waals surface area contributed by atoms with Crippen molar-refractivity contribution in [3.63, 3.8) is 0 Å². The van der Waals surface area contributed by atoms with Gasteiger partial charge in [-0.2, -0.15) is 0 Å². The number of halogens is 2. The van der Waals surface area contributed by atoms with E-state index in [4.69, 9.17) is 23.2 Å². The van der Waals surface area contributed by atoms with Gasteiger partial charge in [-0.25, -0.2) is 0 Å². The fourth-order valence-electron chi connectivity index (χ4n) is 2.27. The number of amides is 1. The van der Waals surface area contributed by atoms with Crippen LogP contribution in [0.5, 0.6) is 0 Å². The van der Waals surface area contributed by atoms with Crippen LogP contribution in [0.3, 0.4) is 0 Å². The molecule has 21 heavy (non-hydrogen) atoms. The van der Waals surface area contributed by atoms with Crippen LogP contribution in [-0.2, 0) is 12.8 Å². The lowest BCUT2D eigenvalue weighted by Crippen LogP contribution is -2.15. The van der Waals surface area contributed by atoms with Crippen LogP contribution in [-0.4, -0.2) is 5.91 Å². The standard InChI is InChI=1S/C17H17Cl2NO/c1-3-11-6-5-7-12(4-2)16(11)20-17(21)13-8-14(18)10-15(19)9-13/h5-10H,3-4H2,1-2H3,(H,20,21). The van der Waals surface area contributed by atoms with Crippen molar-refractivity contribution >= 4 is 34.8 Å². The second kappa shape index (κ2) is 6.97. The summed E-state index contributed by atoms with van der Waals surface area (Å²) in [5.41, 5.74) is 3.59. The van der Waals surface area contributed by atoms with Crippen molar-refractivity contribution in [1.82, 2.24) is 0 Å². The van der Waals surface area contributed by atoms with Crippen LogP contribution in [0.4, 0.5) is 5.69 Å². The molecule has 2 rings (SSSR count). The molecule has 0 bridgehead atoms. The Morgan fingerprint density at radius 3 is 2.00 bits per heavy atom. The minimum absolute atomic E-state index is 0.199. The predicted octanol–water partition coefficient (Wildman–Crippen LogP) is 5.37. The van der Waals surface area contributed by atoms with Gasteiger partial charge in [0, 0.05) is 21.3 Å². The molecule has 0 radical (unpaired) electrons. The lowest BCUT2D eigenvalue weighted by molar-refractivity contribution is 0.102. The minimum Gasteiger partial charge on any atom is -0.321 e. The van der Waals surface area contributed by atoms with Gasteiger partial charge in [0.1, 0.15) is 0 Å². The van der Waals surface area contributed by atoms with Gasteiger partial charge in [-0.1, -0.05) is 55.2 Å². The lowest BCUT2D eigenvalue weighted by Gasteiger charge is -2.14. The Balaban J connectivity index is 2.35. The Morgan fingerprint density at radius 2 is 1.52 bits per heavy atom. The molecule has 2 aromatic carbocycles. The van der Waals surface area contributed by atoms with Crippen LogP contribution in [0.15, 0.2) is 36.4 Å². The summed E-state index contributed by atoms with van der Waals surface area (Å²) >= 11 is 11.9. The summed E-state index contributed by atoms with van der Waals surface area (Å²) in [6.45, 7) is 4.14. The van der Waals surface area contributed by atoms with E-state index in [1.54, 1.807) is 18.2 Å². The summed E-state index contributed by atoms with van der Waals surface area (Å²) in [7, 11) is 0. The molecule has 1 amide bonds. The van der Waals surface area contributed by atoms with E-state index in [1.165, 1.54) is 0 Å². The molecule has 0 aliphatic heterocycles. The molecule has 2 aromatic rings. The van der Waals surface area contributed by atoms with Crippen molar-refractivity contribution < 1.29 is 4.79 Å². The fourth-order valence-corrected chi connectivity index (χ4v) is 2.80. The highest BCUT2D eigenvalue weighted by Crippen LogP contribution is 2.25. The molecule has 0 aliphatic carbocycles. The fraction of sp³-hybridized carbons (Fsp3) is 0.235. The van der Waals surface area contributed by atoms with Crippen LogP contribution >= 0.6 is 23.2 Å². The van der Waals surface area contributed by atoms with E-state index in [1.807, 2.05) is 18.2 Å². The molecular weight excluding hydrogens is 305 g/mol. The first-order chi connectivity index (χ1) is 10.0. The highest BCUT2D eigenvalue weighted by atomic mass is 35.5. The average molecular weight is 322 g/mol. The molecule has 4 heteroatoms. The first-order valence-corrected chi connectivity index (χ1v) is 7.69. The third kappa shape index (κ3) is 3.78. The van der Waals surface area contributed by atoms with Crippen LogP contribution in [0.25, 0.3) is 0 Å². The average Bonchev–Trinajstić information content (AvgIpc) is 2.46. The third-order valence-corrected chi connectivity index (χ3v) is 3.80. The van der Waals surface area contributed by atoms with Gasteiger partial charge >= 0.3 is 0 Å². The van der Waals surface area contributed by atoms with Crippen molar-refractivity contribution in [3.05, 3.63) is 63.1 Å². The van der Waals surface area contributed by atoms with Crippen molar-refractivity contribution in [2.45, 2.75) is 26.7 Å². The van der Waals surface area contributed by atoms with E-state index < -0.39 is 0 Å². The Morgan fingerprint density at radius 1 is 1.00 bits per heavy atom. The van der Waals surface area contributed by atoms with E-state index in [-0.39, 0.29) is 5.91 Å². The summed E-state index contributed by atoms with van der Waals surface area (Å²) in [5, 5.41) is 3.90. The molecule has 0 aromatic heterocycles. The maximum atomic E-state index is 12.4. The molecule has 0 fully saturated rings. The first kappa shape index (κ1) is 15.9. The van der Waals surface area contributed by atoms with Gasteiger partial charge in [0.15, 0.2) is 0 Å². The molecular formula is C17H17Cl2NO. The second-order valence-corrected chi connectivity index (χ2v) is 5.64. The Labute approximate surface area is 135 Å². The zero-order chi connectivity index (χ0) is 15.4. The third-order valence-electron chi connectivity index (χ3n) is 3.36. The van der Waals surface area contributed by atoms with Gasteiger partial charge in [-0.3, -0.25) is 4.79 Å². The van der Waals surface area contributed by atoms with Gasteiger partial charge in [0.25, 0.3) is 5.91 Å². The quantitative estimate of drug-likeness (QED) is 0.805. The maximum Gasteiger partial charge on any atom is 0.255 e. The SMILES string of the molecule is CCc1cccc(CC)c1NC(=O)c1cc(Cl)cc(Cl)c1. The monoisotopic (exact) mass is 321 g/mol. The van der Waals surface area contributed by atoms with E-state index in [0.29, 0.717) is 15.6 Å². The topological polar surface area (TPSA) is 29.1 Å².